The monoisotopic (exact) mass is 180 g/mol. The maximum absolute atomic E-state index is 5.22. The maximum atomic E-state index is 5.22. The Balaban J connectivity index is 2.69. The highest BCUT2D eigenvalue weighted by atomic mass is 32.1. The van der Waals surface area contributed by atoms with Crippen molar-refractivity contribution in [3.63, 3.8) is 0 Å². The zero-order chi connectivity index (χ0) is 8.97. The third kappa shape index (κ3) is 2.07. The standard InChI is InChI=1S/C9H12N2S/c1-4-8-6-12-9(11-8)7(2)5-10-3/h1,6-7,10H,5H2,2-3H3. The summed E-state index contributed by atoms with van der Waals surface area (Å²) in [5, 5.41) is 6.13. The van der Waals surface area contributed by atoms with E-state index in [0.717, 1.165) is 17.2 Å². The average molecular weight is 180 g/mol. The molecule has 12 heavy (non-hydrogen) atoms. The molecule has 1 heterocycles. The molecule has 0 saturated heterocycles. The van der Waals surface area contributed by atoms with Crippen molar-refractivity contribution in [1.82, 2.24) is 10.3 Å². The van der Waals surface area contributed by atoms with E-state index in [2.05, 4.69) is 23.1 Å². The molecule has 1 aromatic rings. The molecule has 0 bridgehead atoms. The average Bonchev–Trinajstić information content (AvgIpc) is 2.52. The zero-order valence-corrected chi connectivity index (χ0v) is 8.11. The normalized spacial score (nSPS) is 12.4. The van der Waals surface area contributed by atoms with Gasteiger partial charge in [0, 0.05) is 17.8 Å². The van der Waals surface area contributed by atoms with Crippen molar-refractivity contribution in [1.29, 1.82) is 0 Å². The van der Waals surface area contributed by atoms with Crippen molar-refractivity contribution in [2.24, 2.45) is 0 Å². The van der Waals surface area contributed by atoms with Crippen LogP contribution in [0.25, 0.3) is 0 Å². The van der Waals surface area contributed by atoms with Crippen LogP contribution in [0.15, 0.2) is 5.38 Å². The number of nitrogens with zero attached hydrogens (tertiary/aromatic N) is 1. The first-order valence-corrected chi connectivity index (χ1v) is 4.72. The van der Waals surface area contributed by atoms with Crippen molar-refractivity contribution >= 4 is 11.3 Å². The molecule has 1 unspecified atom stereocenters. The second-order valence-electron chi connectivity index (χ2n) is 2.67. The van der Waals surface area contributed by atoms with Gasteiger partial charge in [0.1, 0.15) is 5.69 Å². The van der Waals surface area contributed by atoms with E-state index < -0.39 is 0 Å². The Morgan fingerprint density at radius 2 is 2.58 bits per heavy atom. The minimum Gasteiger partial charge on any atom is -0.319 e. The van der Waals surface area contributed by atoms with Gasteiger partial charge in [-0.3, -0.25) is 0 Å². The summed E-state index contributed by atoms with van der Waals surface area (Å²) < 4.78 is 0. The predicted octanol–water partition coefficient (Wildman–Crippen LogP) is 1.45. The number of thiazole rings is 1. The molecule has 0 spiro atoms. The van der Waals surface area contributed by atoms with Gasteiger partial charge >= 0.3 is 0 Å². The number of aromatic nitrogens is 1. The van der Waals surface area contributed by atoms with E-state index >= 15 is 0 Å². The van der Waals surface area contributed by atoms with Gasteiger partial charge in [-0.2, -0.15) is 0 Å². The Morgan fingerprint density at radius 1 is 1.83 bits per heavy atom. The number of hydrogen-bond acceptors (Lipinski definition) is 3. The van der Waals surface area contributed by atoms with Crippen LogP contribution in [0, 0.1) is 12.3 Å². The van der Waals surface area contributed by atoms with Crippen LogP contribution < -0.4 is 5.32 Å². The molecule has 0 aromatic carbocycles. The van der Waals surface area contributed by atoms with Crippen LogP contribution in [-0.2, 0) is 0 Å². The van der Waals surface area contributed by atoms with Crippen molar-refractivity contribution in [3.8, 4) is 12.3 Å². The molecule has 1 rings (SSSR count). The first-order valence-electron chi connectivity index (χ1n) is 3.84. The summed E-state index contributed by atoms with van der Waals surface area (Å²) in [6.07, 6.45) is 5.22. The van der Waals surface area contributed by atoms with Gasteiger partial charge < -0.3 is 5.32 Å². The molecular weight excluding hydrogens is 168 g/mol. The number of hydrogen-bond donors (Lipinski definition) is 1. The largest absolute Gasteiger partial charge is 0.319 e. The summed E-state index contributed by atoms with van der Waals surface area (Å²) >= 11 is 1.63. The molecule has 1 atom stereocenters. The lowest BCUT2D eigenvalue weighted by molar-refractivity contribution is 0.673. The van der Waals surface area contributed by atoms with E-state index in [1.165, 1.54) is 0 Å². The number of nitrogens with one attached hydrogen (secondary N) is 1. The van der Waals surface area contributed by atoms with E-state index in [-0.39, 0.29) is 0 Å². The summed E-state index contributed by atoms with van der Waals surface area (Å²) in [7, 11) is 1.94. The van der Waals surface area contributed by atoms with E-state index in [9.17, 15) is 0 Å². The molecule has 0 amide bonds. The van der Waals surface area contributed by atoms with Gasteiger partial charge in [0.2, 0.25) is 0 Å². The summed E-state index contributed by atoms with van der Waals surface area (Å²) in [5.41, 5.74) is 0.748. The Morgan fingerprint density at radius 3 is 3.08 bits per heavy atom. The molecular formula is C9H12N2S. The highest BCUT2D eigenvalue weighted by molar-refractivity contribution is 7.09. The van der Waals surface area contributed by atoms with Gasteiger partial charge in [0.25, 0.3) is 0 Å². The Hall–Kier alpha value is -0.850. The van der Waals surface area contributed by atoms with Crippen molar-refractivity contribution < 1.29 is 0 Å². The van der Waals surface area contributed by atoms with Gasteiger partial charge in [-0.05, 0) is 13.0 Å². The molecule has 3 heteroatoms. The van der Waals surface area contributed by atoms with Crippen molar-refractivity contribution in [2.45, 2.75) is 12.8 Å². The Labute approximate surface area is 77.0 Å². The lowest BCUT2D eigenvalue weighted by Gasteiger charge is -2.05. The van der Waals surface area contributed by atoms with Crippen LogP contribution in [0.2, 0.25) is 0 Å². The fourth-order valence-corrected chi connectivity index (χ4v) is 1.79. The Kier molecular flexibility index (Phi) is 3.27. The SMILES string of the molecule is C#Cc1csc(C(C)CNC)n1. The van der Waals surface area contributed by atoms with E-state index in [1.807, 2.05) is 12.4 Å². The van der Waals surface area contributed by atoms with Gasteiger partial charge in [-0.1, -0.05) is 6.92 Å². The minimum absolute atomic E-state index is 0.446. The number of rotatable bonds is 3. The van der Waals surface area contributed by atoms with Gasteiger partial charge in [0.05, 0.1) is 5.01 Å². The molecule has 1 aromatic heterocycles. The third-order valence-corrected chi connectivity index (χ3v) is 2.68. The molecule has 0 aliphatic rings. The minimum atomic E-state index is 0.446. The molecule has 1 N–H and O–H groups in total. The maximum Gasteiger partial charge on any atom is 0.124 e. The fourth-order valence-electron chi connectivity index (χ4n) is 0.974. The second kappa shape index (κ2) is 4.24. The number of terminal acetylenes is 1. The first-order chi connectivity index (χ1) is 5.77. The van der Waals surface area contributed by atoms with E-state index in [0.29, 0.717) is 5.92 Å². The zero-order valence-electron chi connectivity index (χ0n) is 7.29. The number of likely N-dealkylation sites (N-methyl/N-ethyl adjacent to an activating group) is 1. The van der Waals surface area contributed by atoms with Crippen molar-refractivity contribution in [2.75, 3.05) is 13.6 Å². The smallest absolute Gasteiger partial charge is 0.124 e. The van der Waals surface area contributed by atoms with Gasteiger partial charge in [0.15, 0.2) is 0 Å². The van der Waals surface area contributed by atoms with Crippen molar-refractivity contribution in [3.05, 3.63) is 16.1 Å². The van der Waals surface area contributed by atoms with Gasteiger partial charge in [-0.15, -0.1) is 17.8 Å². The van der Waals surface area contributed by atoms with Crippen LogP contribution in [-0.4, -0.2) is 18.6 Å². The molecule has 0 aliphatic heterocycles. The lowest BCUT2D eigenvalue weighted by Crippen LogP contribution is -2.14. The molecule has 64 valence electrons. The van der Waals surface area contributed by atoms with Crippen LogP contribution in [0.4, 0.5) is 0 Å². The van der Waals surface area contributed by atoms with E-state index in [1.54, 1.807) is 11.3 Å². The Bertz CT molecular complexity index is 285. The summed E-state index contributed by atoms with van der Waals surface area (Å²) in [6.45, 7) is 3.08. The molecule has 0 saturated carbocycles. The lowest BCUT2D eigenvalue weighted by atomic mass is 10.2. The van der Waals surface area contributed by atoms with Crippen LogP contribution >= 0.6 is 11.3 Å². The highest BCUT2D eigenvalue weighted by Gasteiger charge is 2.07. The molecule has 0 fully saturated rings. The summed E-state index contributed by atoms with van der Waals surface area (Å²) in [5.74, 6) is 2.97. The quantitative estimate of drug-likeness (QED) is 0.712. The van der Waals surface area contributed by atoms with E-state index in [4.69, 9.17) is 6.42 Å². The highest BCUT2D eigenvalue weighted by Crippen LogP contribution is 2.18. The first kappa shape index (κ1) is 9.24. The molecule has 2 nitrogen and oxygen atoms in total. The topological polar surface area (TPSA) is 24.9 Å². The van der Waals surface area contributed by atoms with Crippen LogP contribution in [0.5, 0.6) is 0 Å². The van der Waals surface area contributed by atoms with Gasteiger partial charge in [-0.25, -0.2) is 4.98 Å². The van der Waals surface area contributed by atoms with Crippen LogP contribution in [0.3, 0.4) is 0 Å². The second-order valence-corrected chi connectivity index (χ2v) is 3.56. The summed E-state index contributed by atoms with van der Waals surface area (Å²) in [6, 6.07) is 0. The third-order valence-electron chi connectivity index (χ3n) is 1.60. The fraction of sp³-hybridized carbons (Fsp3) is 0.444. The molecule has 0 radical (unpaired) electrons. The predicted molar refractivity (Wildman–Crippen MR) is 52.4 cm³/mol. The van der Waals surface area contributed by atoms with Crippen LogP contribution in [0.1, 0.15) is 23.5 Å². The molecule has 0 aliphatic carbocycles. The summed E-state index contributed by atoms with van der Waals surface area (Å²) in [4.78, 5) is 4.29.